The van der Waals surface area contributed by atoms with Crippen molar-refractivity contribution in [3.63, 3.8) is 0 Å². The van der Waals surface area contributed by atoms with E-state index in [0.29, 0.717) is 33.9 Å². The van der Waals surface area contributed by atoms with Gasteiger partial charge in [-0.25, -0.2) is 0 Å². The van der Waals surface area contributed by atoms with E-state index in [1.54, 1.807) is 0 Å². The molecule has 126 valence electrons. The van der Waals surface area contributed by atoms with E-state index in [4.69, 9.17) is 4.74 Å². The van der Waals surface area contributed by atoms with Crippen molar-refractivity contribution in [2.24, 2.45) is 21.7 Å². The lowest BCUT2D eigenvalue weighted by molar-refractivity contribution is 0.236. The molecule has 1 nitrogen and oxygen atoms in total. The topological polar surface area (TPSA) is 12.5 Å². The van der Waals surface area contributed by atoms with Crippen LogP contribution in [-0.4, -0.2) is 12.2 Å². The molecule has 1 aliphatic rings. The Balaban J connectivity index is 0.000000384. The van der Waals surface area contributed by atoms with Crippen molar-refractivity contribution in [3.05, 3.63) is 12.2 Å². The molecule has 1 heterocycles. The number of epoxide rings is 1. The molecule has 0 amide bonds. The second kappa shape index (κ2) is 6.44. The molecular weight excluding hydrogens is 256 g/mol. The Bertz CT molecular complexity index is 302. The molecule has 0 aromatic heterocycles. The second-order valence-corrected chi connectivity index (χ2v) is 10.8. The fourth-order valence-corrected chi connectivity index (χ4v) is 1.93. The Morgan fingerprint density at radius 3 is 0.857 bits per heavy atom. The lowest BCUT2D eigenvalue weighted by Gasteiger charge is -2.19. The molecule has 0 aromatic carbocycles. The van der Waals surface area contributed by atoms with Crippen LogP contribution in [0.15, 0.2) is 12.2 Å². The molecule has 21 heavy (non-hydrogen) atoms. The van der Waals surface area contributed by atoms with Crippen molar-refractivity contribution in [2.45, 2.75) is 95.3 Å². The first-order valence-corrected chi connectivity index (χ1v) is 8.29. The van der Waals surface area contributed by atoms with Gasteiger partial charge in [-0.1, -0.05) is 95.2 Å². The van der Waals surface area contributed by atoms with E-state index >= 15 is 0 Å². The van der Waals surface area contributed by atoms with E-state index in [9.17, 15) is 0 Å². The number of hydrogen-bond acceptors (Lipinski definition) is 1. The van der Waals surface area contributed by atoms with E-state index in [1.165, 1.54) is 0 Å². The van der Waals surface area contributed by atoms with Gasteiger partial charge in [-0.3, -0.25) is 0 Å². The minimum Gasteiger partial charge on any atom is -0.368 e. The molecule has 0 bridgehead atoms. The molecule has 1 aliphatic heterocycles. The Morgan fingerprint density at radius 2 is 0.762 bits per heavy atom. The molecule has 1 fully saturated rings. The third-order valence-corrected chi connectivity index (χ3v) is 3.28. The van der Waals surface area contributed by atoms with Crippen LogP contribution in [0.25, 0.3) is 0 Å². The first-order valence-electron chi connectivity index (χ1n) is 8.29. The Labute approximate surface area is 134 Å². The van der Waals surface area contributed by atoms with Crippen LogP contribution >= 0.6 is 0 Å². The van der Waals surface area contributed by atoms with Gasteiger partial charge in [0.25, 0.3) is 0 Å². The van der Waals surface area contributed by atoms with Crippen molar-refractivity contribution in [1.82, 2.24) is 0 Å². The highest BCUT2D eigenvalue weighted by atomic mass is 16.6. The molecule has 2 unspecified atom stereocenters. The Hall–Kier alpha value is -0.300. The lowest BCUT2D eigenvalue weighted by Crippen LogP contribution is -2.23. The zero-order chi connectivity index (χ0) is 17.3. The first kappa shape index (κ1) is 20.7. The lowest BCUT2D eigenvalue weighted by atomic mass is 9.81. The van der Waals surface area contributed by atoms with Crippen molar-refractivity contribution < 1.29 is 4.74 Å². The number of allylic oxidation sites excluding steroid dienone is 2. The maximum Gasteiger partial charge on any atom is 0.0895 e. The minimum absolute atomic E-state index is 0.317. The Kier molecular flexibility index (Phi) is 6.35. The molecular formula is C20H40O. The molecule has 2 atom stereocenters. The fourth-order valence-electron chi connectivity index (χ4n) is 1.93. The standard InChI is InChI=1S/C10H20O.C10H20/c1-9(2,3)7-8(11-7)10(4,5)6;1-9(2,3)7-8-10(4,5)6/h7-8H,1-6H3;7-8H,1-6H3/b;8-7+. The number of ether oxygens (including phenoxy) is 1. The summed E-state index contributed by atoms with van der Waals surface area (Å²) in [7, 11) is 0. The van der Waals surface area contributed by atoms with Crippen LogP contribution in [0.4, 0.5) is 0 Å². The summed E-state index contributed by atoms with van der Waals surface area (Å²) >= 11 is 0. The molecule has 1 rings (SSSR count). The quantitative estimate of drug-likeness (QED) is 0.368. The molecule has 0 radical (unpaired) electrons. The summed E-state index contributed by atoms with van der Waals surface area (Å²) in [5, 5.41) is 0. The van der Waals surface area contributed by atoms with Crippen LogP contribution in [-0.2, 0) is 4.74 Å². The zero-order valence-corrected chi connectivity index (χ0v) is 16.7. The highest BCUT2D eigenvalue weighted by molar-refractivity contribution is 5.00. The molecule has 0 saturated carbocycles. The summed E-state index contributed by atoms with van der Waals surface area (Å²) in [6, 6.07) is 0. The largest absolute Gasteiger partial charge is 0.368 e. The van der Waals surface area contributed by atoms with Gasteiger partial charge in [0.05, 0.1) is 12.2 Å². The van der Waals surface area contributed by atoms with Crippen LogP contribution in [0, 0.1) is 21.7 Å². The summed E-state index contributed by atoms with van der Waals surface area (Å²) < 4.78 is 5.65. The van der Waals surface area contributed by atoms with Crippen LogP contribution in [0.2, 0.25) is 0 Å². The zero-order valence-electron chi connectivity index (χ0n) is 16.7. The fraction of sp³-hybridized carbons (Fsp3) is 0.900. The van der Waals surface area contributed by atoms with E-state index < -0.39 is 0 Å². The third kappa shape index (κ3) is 10.1. The van der Waals surface area contributed by atoms with Gasteiger partial charge in [0, 0.05) is 0 Å². The van der Waals surface area contributed by atoms with Crippen molar-refractivity contribution in [1.29, 1.82) is 0 Å². The van der Waals surface area contributed by atoms with Gasteiger partial charge in [0.15, 0.2) is 0 Å². The summed E-state index contributed by atoms with van der Waals surface area (Å²) in [6.07, 6.45) is 5.49. The second-order valence-electron chi connectivity index (χ2n) is 10.8. The van der Waals surface area contributed by atoms with Gasteiger partial charge in [-0.05, 0) is 21.7 Å². The van der Waals surface area contributed by atoms with Crippen LogP contribution in [0.3, 0.4) is 0 Å². The normalized spacial score (nSPS) is 23.8. The van der Waals surface area contributed by atoms with Crippen LogP contribution in [0.5, 0.6) is 0 Å². The highest BCUT2D eigenvalue weighted by Gasteiger charge is 2.52. The van der Waals surface area contributed by atoms with Gasteiger partial charge in [0.2, 0.25) is 0 Å². The SMILES string of the molecule is CC(C)(C)/C=C/C(C)(C)C.CC(C)(C)C1OC1C(C)(C)C. The van der Waals surface area contributed by atoms with Crippen LogP contribution < -0.4 is 0 Å². The van der Waals surface area contributed by atoms with E-state index in [2.05, 4.69) is 95.2 Å². The van der Waals surface area contributed by atoms with Crippen molar-refractivity contribution in [2.75, 3.05) is 0 Å². The molecule has 0 N–H and O–H groups in total. The summed E-state index contributed by atoms with van der Waals surface area (Å²) in [6.45, 7) is 26.7. The summed E-state index contributed by atoms with van der Waals surface area (Å²) in [5.41, 5.74) is 1.29. The Morgan fingerprint density at radius 1 is 0.524 bits per heavy atom. The molecule has 1 heteroatoms. The van der Waals surface area contributed by atoms with E-state index in [0.717, 1.165) is 0 Å². The third-order valence-electron chi connectivity index (χ3n) is 3.28. The molecule has 0 spiro atoms. The van der Waals surface area contributed by atoms with Gasteiger partial charge in [-0.2, -0.15) is 0 Å². The predicted molar refractivity (Wildman–Crippen MR) is 95.6 cm³/mol. The highest BCUT2D eigenvalue weighted by Crippen LogP contribution is 2.46. The predicted octanol–water partition coefficient (Wildman–Crippen LogP) is 6.48. The minimum atomic E-state index is 0.317. The van der Waals surface area contributed by atoms with Gasteiger partial charge in [-0.15, -0.1) is 0 Å². The van der Waals surface area contributed by atoms with E-state index in [1.807, 2.05) is 0 Å². The monoisotopic (exact) mass is 296 g/mol. The maximum absolute atomic E-state index is 5.65. The summed E-state index contributed by atoms with van der Waals surface area (Å²) in [4.78, 5) is 0. The van der Waals surface area contributed by atoms with Crippen molar-refractivity contribution >= 4 is 0 Å². The summed E-state index contributed by atoms with van der Waals surface area (Å²) in [5.74, 6) is 0. The van der Waals surface area contributed by atoms with E-state index in [-0.39, 0.29) is 0 Å². The van der Waals surface area contributed by atoms with Gasteiger partial charge < -0.3 is 4.74 Å². The molecule has 1 saturated heterocycles. The average molecular weight is 297 g/mol. The maximum atomic E-state index is 5.65. The van der Waals surface area contributed by atoms with Crippen LogP contribution in [0.1, 0.15) is 83.1 Å². The van der Waals surface area contributed by atoms with Crippen molar-refractivity contribution in [3.8, 4) is 0 Å². The number of hydrogen-bond donors (Lipinski definition) is 0. The molecule has 0 aliphatic carbocycles. The van der Waals surface area contributed by atoms with Gasteiger partial charge in [0.1, 0.15) is 0 Å². The first-order chi connectivity index (χ1) is 8.93. The number of rotatable bonds is 0. The smallest absolute Gasteiger partial charge is 0.0895 e. The molecule has 0 aromatic rings. The average Bonchev–Trinajstić information content (AvgIpc) is 2.90. The van der Waals surface area contributed by atoms with Gasteiger partial charge >= 0.3 is 0 Å².